The molecule has 0 spiro atoms. The standard InChI is InChI=1S/C28H24N4O5/c1-32(28(36)24-14-17-8-3-7-13-23(17)37-24)16-18-9-2-5-11-20(18)29-25(33)15-22-27(35)30-21-12-6-4-10-19(21)26(34)31-22/h2-14,22H,15-16H2,1H3,(H,29,33)(H,30,35)(H,31,34)/t22-/m0/s1. The Hall–Kier alpha value is -4.92. The molecule has 4 aromatic rings. The summed E-state index contributed by atoms with van der Waals surface area (Å²) in [6, 6.07) is 21.8. The first-order valence-corrected chi connectivity index (χ1v) is 11.7. The number of nitrogens with one attached hydrogen (secondary N) is 3. The van der Waals surface area contributed by atoms with Crippen molar-refractivity contribution in [1.82, 2.24) is 10.2 Å². The van der Waals surface area contributed by atoms with E-state index in [1.807, 2.05) is 18.2 Å². The Morgan fingerprint density at radius 1 is 0.973 bits per heavy atom. The third kappa shape index (κ3) is 5.06. The van der Waals surface area contributed by atoms with E-state index in [2.05, 4.69) is 16.0 Å². The highest BCUT2D eigenvalue weighted by molar-refractivity contribution is 6.11. The number of rotatable bonds is 6. The summed E-state index contributed by atoms with van der Waals surface area (Å²) < 4.78 is 5.69. The van der Waals surface area contributed by atoms with Crippen molar-refractivity contribution in [3.05, 3.63) is 95.7 Å². The van der Waals surface area contributed by atoms with Gasteiger partial charge in [0.15, 0.2) is 5.76 Å². The van der Waals surface area contributed by atoms with Crippen LogP contribution in [0.4, 0.5) is 11.4 Å². The first-order chi connectivity index (χ1) is 17.9. The molecule has 0 bridgehead atoms. The highest BCUT2D eigenvalue weighted by Gasteiger charge is 2.29. The lowest BCUT2D eigenvalue weighted by Crippen LogP contribution is -2.43. The van der Waals surface area contributed by atoms with Crippen LogP contribution in [0, 0.1) is 0 Å². The third-order valence-corrected chi connectivity index (χ3v) is 6.12. The maximum absolute atomic E-state index is 13.0. The van der Waals surface area contributed by atoms with Gasteiger partial charge in [0.05, 0.1) is 17.7 Å². The van der Waals surface area contributed by atoms with Gasteiger partial charge in [0.1, 0.15) is 11.6 Å². The molecular weight excluding hydrogens is 472 g/mol. The number of hydrogen-bond donors (Lipinski definition) is 3. The molecule has 1 aromatic heterocycles. The van der Waals surface area contributed by atoms with Crippen molar-refractivity contribution in [3.8, 4) is 0 Å². The Labute approximate surface area is 212 Å². The number of benzene rings is 3. The van der Waals surface area contributed by atoms with E-state index in [1.165, 1.54) is 4.90 Å². The second-order valence-electron chi connectivity index (χ2n) is 8.78. The van der Waals surface area contributed by atoms with Crippen LogP contribution in [0.1, 0.15) is 32.9 Å². The lowest BCUT2D eigenvalue weighted by Gasteiger charge is -2.19. The second kappa shape index (κ2) is 9.98. The van der Waals surface area contributed by atoms with Gasteiger partial charge in [0.2, 0.25) is 11.8 Å². The number of fused-ring (bicyclic) bond motifs is 2. The number of carbonyl (C=O) groups is 4. The fourth-order valence-corrected chi connectivity index (χ4v) is 4.22. The molecule has 0 unspecified atom stereocenters. The molecule has 2 heterocycles. The molecule has 5 rings (SSSR count). The number of carbonyl (C=O) groups excluding carboxylic acids is 4. The summed E-state index contributed by atoms with van der Waals surface area (Å²) in [4.78, 5) is 52.5. The Balaban J connectivity index is 1.26. The van der Waals surface area contributed by atoms with Crippen LogP contribution in [-0.2, 0) is 16.1 Å². The van der Waals surface area contributed by atoms with Crippen LogP contribution >= 0.6 is 0 Å². The van der Waals surface area contributed by atoms with Crippen LogP contribution in [0.2, 0.25) is 0 Å². The van der Waals surface area contributed by atoms with Crippen molar-refractivity contribution in [2.24, 2.45) is 0 Å². The summed E-state index contributed by atoms with van der Waals surface area (Å²) in [6.07, 6.45) is -0.256. The summed E-state index contributed by atoms with van der Waals surface area (Å²) in [6.45, 7) is 0.211. The van der Waals surface area contributed by atoms with E-state index in [9.17, 15) is 19.2 Å². The van der Waals surface area contributed by atoms with Gasteiger partial charge in [-0.25, -0.2) is 0 Å². The molecule has 0 saturated heterocycles. The lowest BCUT2D eigenvalue weighted by molar-refractivity contribution is -0.122. The summed E-state index contributed by atoms with van der Waals surface area (Å²) >= 11 is 0. The van der Waals surface area contributed by atoms with Gasteiger partial charge in [0.25, 0.3) is 11.8 Å². The number of hydrogen-bond acceptors (Lipinski definition) is 5. The van der Waals surface area contributed by atoms with Gasteiger partial charge in [-0.15, -0.1) is 0 Å². The van der Waals surface area contributed by atoms with Gasteiger partial charge < -0.3 is 25.3 Å². The summed E-state index contributed by atoms with van der Waals surface area (Å²) in [5, 5.41) is 8.96. The first kappa shape index (κ1) is 23.8. The van der Waals surface area contributed by atoms with Gasteiger partial charge in [-0.3, -0.25) is 19.2 Å². The van der Waals surface area contributed by atoms with Gasteiger partial charge in [-0.1, -0.05) is 48.5 Å². The minimum atomic E-state index is -1.04. The van der Waals surface area contributed by atoms with Crippen molar-refractivity contribution in [2.45, 2.75) is 19.0 Å². The molecule has 1 aliphatic heterocycles. The smallest absolute Gasteiger partial charge is 0.289 e. The van der Waals surface area contributed by atoms with E-state index in [4.69, 9.17) is 4.42 Å². The minimum absolute atomic E-state index is 0.211. The molecule has 3 aromatic carbocycles. The fraction of sp³-hybridized carbons (Fsp3) is 0.143. The summed E-state index contributed by atoms with van der Waals surface area (Å²) in [5.74, 6) is -1.43. The fourth-order valence-electron chi connectivity index (χ4n) is 4.22. The SMILES string of the molecule is CN(Cc1ccccc1NC(=O)C[C@@H]1NC(=O)c2ccccc2NC1=O)C(=O)c1cc2ccccc2o1. The molecule has 9 heteroatoms. The third-order valence-electron chi connectivity index (χ3n) is 6.12. The van der Waals surface area contributed by atoms with Crippen molar-refractivity contribution < 1.29 is 23.6 Å². The van der Waals surface area contributed by atoms with Crippen molar-refractivity contribution >= 4 is 46.0 Å². The van der Waals surface area contributed by atoms with Crippen LogP contribution in [0.15, 0.2) is 83.3 Å². The van der Waals surface area contributed by atoms with Crippen LogP contribution in [-0.4, -0.2) is 41.6 Å². The molecule has 0 radical (unpaired) electrons. The van der Waals surface area contributed by atoms with Crippen molar-refractivity contribution in [3.63, 3.8) is 0 Å². The molecule has 4 amide bonds. The van der Waals surface area contributed by atoms with E-state index < -0.39 is 23.8 Å². The maximum Gasteiger partial charge on any atom is 0.289 e. The van der Waals surface area contributed by atoms with Crippen LogP contribution in [0.25, 0.3) is 11.0 Å². The molecule has 0 aliphatic carbocycles. The zero-order chi connectivity index (χ0) is 25.9. The molecule has 0 saturated carbocycles. The molecule has 186 valence electrons. The highest BCUT2D eigenvalue weighted by atomic mass is 16.3. The van der Waals surface area contributed by atoms with Crippen LogP contribution < -0.4 is 16.0 Å². The Kier molecular flexibility index (Phi) is 6.42. The number of amides is 4. The highest BCUT2D eigenvalue weighted by Crippen LogP contribution is 2.23. The maximum atomic E-state index is 13.0. The summed E-state index contributed by atoms with van der Waals surface area (Å²) in [7, 11) is 1.65. The van der Waals surface area contributed by atoms with Gasteiger partial charge in [-0.2, -0.15) is 0 Å². The summed E-state index contributed by atoms with van der Waals surface area (Å²) in [5.41, 5.74) is 2.56. The molecule has 9 nitrogen and oxygen atoms in total. The van der Waals surface area contributed by atoms with Crippen LogP contribution in [0.5, 0.6) is 0 Å². The normalized spacial score (nSPS) is 14.8. The first-order valence-electron chi connectivity index (χ1n) is 11.7. The second-order valence-corrected chi connectivity index (χ2v) is 8.78. The molecule has 37 heavy (non-hydrogen) atoms. The Morgan fingerprint density at radius 3 is 2.54 bits per heavy atom. The number of para-hydroxylation sites is 3. The van der Waals surface area contributed by atoms with Crippen molar-refractivity contribution in [1.29, 1.82) is 0 Å². The van der Waals surface area contributed by atoms with E-state index in [-0.39, 0.29) is 24.6 Å². The largest absolute Gasteiger partial charge is 0.451 e. The lowest BCUT2D eigenvalue weighted by atomic mass is 10.1. The van der Waals surface area contributed by atoms with E-state index in [0.29, 0.717) is 28.1 Å². The molecular formula is C28H24N4O5. The average Bonchev–Trinajstić information content (AvgIpc) is 3.29. The molecule has 1 atom stereocenters. The van der Waals surface area contributed by atoms with Gasteiger partial charge in [0, 0.05) is 24.7 Å². The van der Waals surface area contributed by atoms with Gasteiger partial charge >= 0.3 is 0 Å². The molecule has 1 aliphatic rings. The quantitative estimate of drug-likeness (QED) is 0.375. The number of anilines is 2. The van der Waals surface area contributed by atoms with Crippen molar-refractivity contribution in [2.75, 3.05) is 17.7 Å². The monoisotopic (exact) mass is 496 g/mol. The predicted octanol–water partition coefficient (Wildman–Crippen LogP) is 3.78. The average molecular weight is 497 g/mol. The number of furan rings is 1. The Morgan fingerprint density at radius 2 is 1.70 bits per heavy atom. The van der Waals surface area contributed by atoms with E-state index in [0.717, 1.165) is 5.39 Å². The topological polar surface area (TPSA) is 121 Å². The zero-order valence-corrected chi connectivity index (χ0v) is 20.0. The predicted molar refractivity (Wildman–Crippen MR) is 138 cm³/mol. The molecule has 0 fully saturated rings. The van der Waals surface area contributed by atoms with Gasteiger partial charge in [-0.05, 0) is 35.9 Å². The molecule has 3 N–H and O–H groups in total. The van der Waals surface area contributed by atoms with Crippen LogP contribution in [0.3, 0.4) is 0 Å². The zero-order valence-electron chi connectivity index (χ0n) is 20.0. The Bertz CT molecular complexity index is 1490. The minimum Gasteiger partial charge on any atom is -0.451 e. The van der Waals surface area contributed by atoms with E-state index in [1.54, 1.807) is 67.7 Å². The van der Waals surface area contributed by atoms with E-state index >= 15 is 0 Å². The number of nitrogens with zero attached hydrogens (tertiary/aromatic N) is 1.